The molecule has 0 spiro atoms. The predicted octanol–water partition coefficient (Wildman–Crippen LogP) is 2.87. The van der Waals surface area contributed by atoms with Crippen molar-refractivity contribution >= 4 is 6.08 Å². The van der Waals surface area contributed by atoms with Gasteiger partial charge in [-0.3, -0.25) is 10.1 Å². The highest BCUT2D eigenvalue weighted by molar-refractivity contribution is 5.48. The summed E-state index contributed by atoms with van der Waals surface area (Å²) in [6.45, 7) is 0. The van der Waals surface area contributed by atoms with Crippen molar-refractivity contribution in [3.05, 3.63) is 51.7 Å². The van der Waals surface area contributed by atoms with E-state index in [0.717, 1.165) is 6.20 Å². The third-order valence-corrected chi connectivity index (χ3v) is 1.58. The molecule has 0 aliphatic rings. The first-order chi connectivity index (χ1) is 6.59. The summed E-state index contributed by atoms with van der Waals surface area (Å²) in [5.74, 6) is 0. The van der Waals surface area contributed by atoms with E-state index in [2.05, 4.69) is 0 Å². The van der Waals surface area contributed by atoms with Gasteiger partial charge in [0.25, 0.3) is 6.43 Å². The Bertz CT molecular complexity index is 346. The van der Waals surface area contributed by atoms with Crippen molar-refractivity contribution in [2.24, 2.45) is 0 Å². The van der Waals surface area contributed by atoms with Crippen molar-refractivity contribution in [1.82, 2.24) is 0 Å². The van der Waals surface area contributed by atoms with Crippen LogP contribution in [-0.2, 0) is 0 Å². The van der Waals surface area contributed by atoms with Crippen molar-refractivity contribution in [1.29, 1.82) is 0 Å². The summed E-state index contributed by atoms with van der Waals surface area (Å²) in [7, 11) is 0. The highest BCUT2D eigenvalue weighted by atomic mass is 19.3. The van der Waals surface area contributed by atoms with E-state index in [-0.39, 0.29) is 5.56 Å². The normalized spacial score (nSPS) is 11.1. The average Bonchev–Trinajstić information content (AvgIpc) is 2.15. The van der Waals surface area contributed by atoms with Crippen molar-refractivity contribution in [3.8, 4) is 0 Å². The molecule has 0 N–H and O–H groups in total. The zero-order chi connectivity index (χ0) is 10.6. The topological polar surface area (TPSA) is 43.1 Å². The Morgan fingerprint density at radius 3 is 2.29 bits per heavy atom. The lowest BCUT2D eigenvalue weighted by molar-refractivity contribution is -0.400. The molecule has 1 rings (SSSR count). The Hall–Kier alpha value is -1.78. The maximum Gasteiger partial charge on any atom is 0.263 e. The van der Waals surface area contributed by atoms with Gasteiger partial charge in [-0.1, -0.05) is 24.3 Å². The molecule has 74 valence electrons. The highest BCUT2D eigenvalue weighted by Gasteiger charge is 2.04. The van der Waals surface area contributed by atoms with E-state index in [1.807, 2.05) is 0 Å². The molecule has 0 fully saturated rings. The van der Waals surface area contributed by atoms with Gasteiger partial charge in [0, 0.05) is 11.6 Å². The van der Waals surface area contributed by atoms with Gasteiger partial charge in [0.15, 0.2) is 0 Å². The summed E-state index contributed by atoms with van der Waals surface area (Å²) in [5, 5.41) is 9.95. The van der Waals surface area contributed by atoms with Crippen LogP contribution in [0.3, 0.4) is 0 Å². The number of nitro groups is 1. The minimum atomic E-state index is -2.51. The second-order valence-corrected chi connectivity index (χ2v) is 2.57. The predicted molar refractivity (Wildman–Crippen MR) is 47.4 cm³/mol. The molecule has 1 aromatic rings. The lowest BCUT2D eigenvalue weighted by Gasteiger charge is -1.98. The van der Waals surface area contributed by atoms with E-state index in [9.17, 15) is 18.9 Å². The maximum atomic E-state index is 12.1. The number of benzene rings is 1. The third kappa shape index (κ3) is 2.93. The molecule has 0 aliphatic carbocycles. The van der Waals surface area contributed by atoms with Gasteiger partial charge in [-0.15, -0.1) is 0 Å². The van der Waals surface area contributed by atoms with Gasteiger partial charge in [-0.25, -0.2) is 8.78 Å². The van der Waals surface area contributed by atoms with Gasteiger partial charge in [-0.05, 0) is 5.56 Å². The van der Waals surface area contributed by atoms with Gasteiger partial charge in [0.1, 0.15) is 0 Å². The number of hydrogen-bond acceptors (Lipinski definition) is 2. The van der Waals surface area contributed by atoms with E-state index < -0.39 is 11.3 Å². The largest absolute Gasteiger partial charge is 0.263 e. The monoisotopic (exact) mass is 199 g/mol. The fraction of sp³-hybridized carbons (Fsp3) is 0.111. The molecule has 1 aromatic carbocycles. The molecule has 0 saturated heterocycles. The van der Waals surface area contributed by atoms with Crippen LogP contribution in [0.2, 0.25) is 0 Å². The summed E-state index contributed by atoms with van der Waals surface area (Å²) in [6, 6.07) is 5.29. The molecule has 0 aromatic heterocycles. The van der Waals surface area contributed by atoms with E-state index in [1.54, 1.807) is 0 Å². The zero-order valence-electron chi connectivity index (χ0n) is 7.06. The fourth-order valence-electron chi connectivity index (χ4n) is 0.900. The molecule has 0 unspecified atom stereocenters. The van der Waals surface area contributed by atoms with Crippen LogP contribution in [0, 0.1) is 10.1 Å². The van der Waals surface area contributed by atoms with E-state index in [0.29, 0.717) is 5.56 Å². The Morgan fingerprint density at radius 1 is 1.29 bits per heavy atom. The molecule has 0 saturated carbocycles. The lowest BCUT2D eigenvalue weighted by atomic mass is 10.1. The van der Waals surface area contributed by atoms with Crippen LogP contribution in [0.5, 0.6) is 0 Å². The first-order valence-corrected chi connectivity index (χ1v) is 3.79. The number of halogens is 2. The minimum Gasteiger partial charge on any atom is -0.259 e. The van der Waals surface area contributed by atoms with E-state index in [4.69, 9.17) is 0 Å². The van der Waals surface area contributed by atoms with E-state index in [1.165, 1.54) is 30.3 Å². The second-order valence-electron chi connectivity index (χ2n) is 2.57. The Morgan fingerprint density at radius 2 is 1.86 bits per heavy atom. The molecule has 0 aliphatic heterocycles. The average molecular weight is 199 g/mol. The van der Waals surface area contributed by atoms with Crippen molar-refractivity contribution in [2.75, 3.05) is 0 Å². The van der Waals surface area contributed by atoms with E-state index >= 15 is 0 Å². The maximum absolute atomic E-state index is 12.1. The number of nitrogens with zero attached hydrogens (tertiary/aromatic N) is 1. The van der Waals surface area contributed by atoms with Crippen molar-refractivity contribution in [3.63, 3.8) is 0 Å². The molecular formula is C9H7F2NO2. The van der Waals surface area contributed by atoms with Gasteiger partial charge >= 0.3 is 0 Å². The number of hydrogen-bond donors (Lipinski definition) is 0. The summed E-state index contributed by atoms with van der Waals surface area (Å²) in [4.78, 5) is 9.34. The first-order valence-electron chi connectivity index (χ1n) is 3.79. The molecule has 0 atom stereocenters. The van der Waals surface area contributed by atoms with Crippen molar-refractivity contribution < 1.29 is 13.7 Å². The SMILES string of the molecule is O=[N+]([O-])/C=C/c1ccc(C(F)F)cc1. The first kappa shape index (κ1) is 10.3. The minimum absolute atomic E-state index is 0.0942. The molecular weight excluding hydrogens is 192 g/mol. The number of alkyl halides is 2. The fourth-order valence-corrected chi connectivity index (χ4v) is 0.900. The van der Waals surface area contributed by atoms with Crippen LogP contribution in [0.25, 0.3) is 6.08 Å². The van der Waals surface area contributed by atoms with Crippen LogP contribution in [0.1, 0.15) is 17.6 Å². The molecule has 0 radical (unpaired) electrons. The zero-order valence-corrected chi connectivity index (χ0v) is 7.06. The molecule has 3 nitrogen and oxygen atoms in total. The second kappa shape index (κ2) is 4.45. The van der Waals surface area contributed by atoms with Crippen LogP contribution >= 0.6 is 0 Å². The van der Waals surface area contributed by atoms with Gasteiger partial charge in [0.05, 0.1) is 4.92 Å². The molecule has 0 heterocycles. The van der Waals surface area contributed by atoms with Crippen LogP contribution in [0.15, 0.2) is 30.5 Å². The van der Waals surface area contributed by atoms with Crippen LogP contribution in [-0.4, -0.2) is 4.92 Å². The van der Waals surface area contributed by atoms with Gasteiger partial charge in [-0.2, -0.15) is 0 Å². The Kier molecular flexibility index (Phi) is 3.28. The van der Waals surface area contributed by atoms with Gasteiger partial charge < -0.3 is 0 Å². The van der Waals surface area contributed by atoms with Gasteiger partial charge in [0.2, 0.25) is 6.20 Å². The summed E-state index contributed by atoms with van der Waals surface area (Å²) in [5.41, 5.74) is 0.425. The molecule has 14 heavy (non-hydrogen) atoms. The smallest absolute Gasteiger partial charge is 0.259 e. The molecule has 5 heteroatoms. The third-order valence-electron chi connectivity index (χ3n) is 1.58. The summed E-state index contributed by atoms with van der Waals surface area (Å²) in [6.07, 6.45) is -0.504. The quantitative estimate of drug-likeness (QED) is 0.554. The molecule has 0 amide bonds. The number of rotatable bonds is 3. The summed E-state index contributed by atoms with van der Waals surface area (Å²) < 4.78 is 24.2. The Labute approximate surface area is 78.8 Å². The lowest BCUT2D eigenvalue weighted by Crippen LogP contribution is -1.85. The summed E-state index contributed by atoms with van der Waals surface area (Å²) >= 11 is 0. The molecule has 0 bridgehead atoms. The van der Waals surface area contributed by atoms with Crippen LogP contribution in [0.4, 0.5) is 8.78 Å². The van der Waals surface area contributed by atoms with Crippen LogP contribution < -0.4 is 0 Å². The standard InChI is InChI=1S/C9H7F2NO2/c10-9(11)8-3-1-7(2-4-8)5-6-12(13)14/h1-6,9H/b6-5+. The van der Waals surface area contributed by atoms with Crippen molar-refractivity contribution in [2.45, 2.75) is 6.43 Å². The highest BCUT2D eigenvalue weighted by Crippen LogP contribution is 2.18. The Balaban J connectivity index is 2.78.